The van der Waals surface area contributed by atoms with Gasteiger partial charge in [-0.25, -0.2) is 9.97 Å². The minimum Gasteiger partial charge on any atom is -0.382 e. The zero-order valence-corrected chi connectivity index (χ0v) is 8.62. The Morgan fingerprint density at radius 1 is 1.43 bits per heavy atom. The van der Waals surface area contributed by atoms with E-state index in [0.29, 0.717) is 17.4 Å². The van der Waals surface area contributed by atoms with Crippen LogP contribution in [-0.4, -0.2) is 9.97 Å². The first-order chi connectivity index (χ1) is 6.72. The average Bonchev–Trinajstić information content (AvgIpc) is 2.21. The molecule has 1 heterocycles. The molecule has 14 heavy (non-hydrogen) atoms. The highest BCUT2D eigenvalue weighted by molar-refractivity contribution is 5.30. The predicted molar refractivity (Wildman–Crippen MR) is 57.4 cm³/mol. The van der Waals surface area contributed by atoms with Crippen molar-refractivity contribution < 1.29 is 0 Å². The Morgan fingerprint density at radius 3 is 2.79 bits per heavy atom. The molecular formula is C11H15N3. The molecule has 1 rings (SSSR count). The summed E-state index contributed by atoms with van der Waals surface area (Å²) in [5, 5.41) is 0. The van der Waals surface area contributed by atoms with Crippen LogP contribution in [0.4, 0.5) is 5.82 Å². The van der Waals surface area contributed by atoms with Crippen LogP contribution in [0.5, 0.6) is 0 Å². The molecule has 0 aromatic carbocycles. The third-order valence-electron chi connectivity index (χ3n) is 2.04. The molecule has 1 atom stereocenters. The largest absolute Gasteiger partial charge is 0.382 e. The van der Waals surface area contributed by atoms with Crippen molar-refractivity contribution in [1.82, 2.24) is 9.97 Å². The monoisotopic (exact) mass is 189 g/mol. The van der Waals surface area contributed by atoms with E-state index in [-0.39, 0.29) is 0 Å². The van der Waals surface area contributed by atoms with E-state index < -0.39 is 0 Å². The topological polar surface area (TPSA) is 51.8 Å². The summed E-state index contributed by atoms with van der Waals surface area (Å²) < 4.78 is 0. The number of aromatic nitrogens is 2. The van der Waals surface area contributed by atoms with Crippen LogP contribution in [-0.2, 0) is 0 Å². The smallest absolute Gasteiger partial charge is 0.141 e. The first-order valence-electron chi connectivity index (χ1n) is 4.78. The quantitative estimate of drug-likeness (QED) is 0.722. The summed E-state index contributed by atoms with van der Waals surface area (Å²) in [4.78, 5) is 7.95. The Morgan fingerprint density at radius 2 is 2.21 bits per heavy atom. The molecule has 74 valence electrons. The number of hydrogen-bond donors (Lipinski definition) is 1. The van der Waals surface area contributed by atoms with Gasteiger partial charge in [0, 0.05) is 6.42 Å². The first kappa shape index (κ1) is 10.5. The molecule has 0 saturated heterocycles. The highest BCUT2D eigenvalue weighted by atomic mass is 14.9. The summed E-state index contributed by atoms with van der Waals surface area (Å²) in [7, 11) is 0. The van der Waals surface area contributed by atoms with Gasteiger partial charge in [-0.15, -0.1) is 0 Å². The fraction of sp³-hybridized carbons (Fsp3) is 0.455. The van der Waals surface area contributed by atoms with Crippen molar-refractivity contribution in [2.24, 2.45) is 5.92 Å². The molecule has 0 aliphatic rings. The zero-order chi connectivity index (χ0) is 10.4. The van der Waals surface area contributed by atoms with Gasteiger partial charge >= 0.3 is 0 Å². The minimum absolute atomic E-state index is 0.428. The molecule has 0 amide bonds. The molecule has 1 unspecified atom stereocenters. The number of nitrogens with two attached hydrogens (primary N) is 1. The van der Waals surface area contributed by atoms with Crippen molar-refractivity contribution in [1.29, 1.82) is 0 Å². The van der Waals surface area contributed by atoms with Gasteiger partial charge < -0.3 is 5.73 Å². The lowest BCUT2D eigenvalue weighted by Crippen LogP contribution is -1.93. The Hall–Kier alpha value is -1.56. The van der Waals surface area contributed by atoms with E-state index in [1.54, 1.807) is 6.20 Å². The molecule has 1 aromatic rings. The number of hydrogen-bond acceptors (Lipinski definition) is 3. The lowest BCUT2D eigenvalue weighted by atomic mass is 10.1. The highest BCUT2D eigenvalue weighted by Crippen LogP contribution is 2.04. The summed E-state index contributed by atoms with van der Waals surface area (Å²) in [5.74, 6) is 7.11. The number of rotatable bonds is 2. The molecule has 0 radical (unpaired) electrons. The van der Waals surface area contributed by atoms with Crippen LogP contribution in [0.1, 0.15) is 32.4 Å². The average molecular weight is 189 g/mol. The van der Waals surface area contributed by atoms with Crippen LogP contribution < -0.4 is 5.73 Å². The summed E-state index contributed by atoms with van der Waals surface area (Å²) in [6, 6.07) is 0. The van der Waals surface area contributed by atoms with E-state index in [0.717, 1.165) is 12.8 Å². The van der Waals surface area contributed by atoms with Gasteiger partial charge in [-0.05, 0) is 11.8 Å². The second-order valence-corrected chi connectivity index (χ2v) is 3.35. The molecule has 0 bridgehead atoms. The van der Waals surface area contributed by atoms with Gasteiger partial charge in [0.05, 0.1) is 12.4 Å². The van der Waals surface area contributed by atoms with Crippen LogP contribution >= 0.6 is 0 Å². The van der Waals surface area contributed by atoms with Crippen molar-refractivity contribution in [2.45, 2.75) is 26.7 Å². The molecule has 0 fully saturated rings. The highest BCUT2D eigenvalue weighted by Gasteiger charge is 1.94. The SMILES string of the molecule is CCC(C)CC#Cc1cnc(N)cn1. The Balaban J connectivity index is 2.55. The van der Waals surface area contributed by atoms with Crippen LogP contribution in [0.15, 0.2) is 12.4 Å². The van der Waals surface area contributed by atoms with Crippen molar-refractivity contribution in [3.63, 3.8) is 0 Å². The molecular weight excluding hydrogens is 174 g/mol. The second kappa shape index (κ2) is 5.23. The van der Waals surface area contributed by atoms with Crippen molar-refractivity contribution in [2.75, 3.05) is 5.73 Å². The van der Waals surface area contributed by atoms with Gasteiger partial charge in [-0.3, -0.25) is 0 Å². The molecule has 0 spiro atoms. The minimum atomic E-state index is 0.428. The normalized spacial score (nSPS) is 11.6. The summed E-state index contributed by atoms with van der Waals surface area (Å²) in [5.41, 5.74) is 6.09. The van der Waals surface area contributed by atoms with Crippen molar-refractivity contribution in [3.05, 3.63) is 18.1 Å². The maximum atomic E-state index is 5.40. The van der Waals surface area contributed by atoms with E-state index in [1.165, 1.54) is 6.20 Å². The van der Waals surface area contributed by atoms with Gasteiger partial charge in [0.15, 0.2) is 0 Å². The first-order valence-corrected chi connectivity index (χ1v) is 4.78. The Labute approximate surface area is 84.8 Å². The Kier molecular flexibility index (Phi) is 3.93. The van der Waals surface area contributed by atoms with Crippen LogP contribution in [0.2, 0.25) is 0 Å². The lowest BCUT2D eigenvalue weighted by molar-refractivity contribution is 0.581. The van der Waals surface area contributed by atoms with Gasteiger partial charge in [-0.1, -0.05) is 26.2 Å². The fourth-order valence-corrected chi connectivity index (χ4v) is 0.863. The molecule has 3 heteroatoms. The van der Waals surface area contributed by atoms with Crippen molar-refractivity contribution >= 4 is 5.82 Å². The molecule has 1 aromatic heterocycles. The Bertz CT molecular complexity index is 332. The maximum absolute atomic E-state index is 5.40. The molecule has 0 saturated carbocycles. The van der Waals surface area contributed by atoms with Gasteiger partial charge in [0.2, 0.25) is 0 Å². The van der Waals surface area contributed by atoms with Crippen molar-refractivity contribution in [3.8, 4) is 11.8 Å². The van der Waals surface area contributed by atoms with E-state index in [2.05, 4.69) is 35.7 Å². The third kappa shape index (κ3) is 3.44. The standard InChI is InChI=1S/C11H15N3/c1-3-9(2)5-4-6-10-7-14-11(12)8-13-10/h7-9H,3,5H2,1-2H3,(H2,12,14). The van der Waals surface area contributed by atoms with Crippen LogP contribution in [0, 0.1) is 17.8 Å². The number of anilines is 1. The van der Waals surface area contributed by atoms with E-state index in [1.807, 2.05) is 0 Å². The molecule has 2 N–H and O–H groups in total. The number of nitrogens with zero attached hydrogens (tertiary/aromatic N) is 2. The second-order valence-electron chi connectivity index (χ2n) is 3.35. The van der Waals surface area contributed by atoms with Gasteiger partial charge in [0.1, 0.15) is 11.5 Å². The maximum Gasteiger partial charge on any atom is 0.141 e. The van der Waals surface area contributed by atoms with Gasteiger partial charge in [-0.2, -0.15) is 0 Å². The third-order valence-corrected chi connectivity index (χ3v) is 2.04. The number of nitrogen functional groups attached to an aromatic ring is 1. The van der Waals surface area contributed by atoms with Gasteiger partial charge in [0.25, 0.3) is 0 Å². The fourth-order valence-electron chi connectivity index (χ4n) is 0.863. The van der Waals surface area contributed by atoms with Crippen LogP contribution in [0.3, 0.4) is 0 Å². The molecule has 3 nitrogen and oxygen atoms in total. The van der Waals surface area contributed by atoms with Crippen LogP contribution in [0.25, 0.3) is 0 Å². The predicted octanol–water partition coefficient (Wildman–Crippen LogP) is 1.85. The van der Waals surface area contributed by atoms with E-state index in [9.17, 15) is 0 Å². The van der Waals surface area contributed by atoms with E-state index >= 15 is 0 Å². The summed E-state index contributed by atoms with van der Waals surface area (Å²) >= 11 is 0. The summed E-state index contributed by atoms with van der Waals surface area (Å²) in [6.45, 7) is 4.35. The lowest BCUT2D eigenvalue weighted by Gasteiger charge is -1.99. The summed E-state index contributed by atoms with van der Waals surface area (Å²) in [6.07, 6.45) is 5.18. The van der Waals surface area contributed by atoms with E-state index in [4.69, 9.17) is 5.73 Å². The molecule has 0 aliphatic carbocycles. The zero-order valence-electron chi connectivity index (χ0n) is 8.62. The molecule has 0 aliphatic heterocycles.